The van der Waals surface area contributed by atoms with Crippen molar-refractivity contribution in [2.45, 2.75) is 40.0 Å². The van der Waals surface area contributed by atoms with Crippen LogP contribution in [-0.2, 0) is 17.6 Å². The molecule has 0 aromatic carbocycles. The highest BCUT2D eigenvalue weighted by atomic mass is 16.1. The van der Waals surface area contributed by atoms with E-state index in [0.717, 1.165) is 30.4 Å². The van der Waals surface area contributed by atoms with Crippen LogP contribution in [0.1, 0.15) is 38.3 Å². The normalized spacial score (nSPS) is 16.0. The second-order valence-corrected chi connectivity index (χ2v) is 6.57. The minimum Gasteiger partial charge on any atom is -0.324 e. The van der Waals surface area contributed by atoms with Crippen molar-refractivity contribution in [1.29, 1.82) is 0 Å². The van der Waals surface area contributed by atoms with E-state index in [1.165, 1.54) is 29.6 Å². The Morgan fingerprint density at radius 2 is 1.96 bits per heavy atom. The molecule has 0 spiro atoms. The van der Waals surface area contributed by atoms with Crippen LogP contribution in [0.15, 0.2) is 35.0 Å². The Kier molecular flexibility index (Phi) is 4.74. The number of aromatic nitrogens is 4. The number of nitrogens with zero attached hydrogens (tertiary/aromatic N) is 4. The quantitative estimate of drug-likeness (QED) is 0.865. The Balaban J connectivity index is 1.89. The maximum Gasteiger partial charge on any atom is 0.277 e. The standard InChI is InChI=1S/C18H21N5O2/c1-11(2)6-13-4-5-16-14(7-13)8-21-23(17(16)25)18-19-9-15(10-20-18)22-12(3)24/h6,8-10,13H,4-5,7H2,1-3H3,(H,22,24). The van der Waals surface area contributed by atoms with Crippen LogP contribution in [0.3, 0.4) is 0 Å². The SMILES string of the molecule is CC(=O)Nc1cnc(-n2ncc3c(c2=O)CCC(C=C(C)C)C3)nc1. The van der Waals surface area contributed by atoms with Crippen LogP contribution in [0.2, 0.25) is 0 Å². The molecule has 25 heavy (non-hydrogen) atoms. The zero-order valence-corrected chi connectivity index (χ0v) is 14.6. The van der Waals surface area contributed by atoms with E-state index >= 15 is 0 Å². The highest BCUT2D eigenvalue weighted by Crippen LogP contribution is 2.24. The summed E-state index contributed by atoms with van der Waals surface area (Å²) in [6.45, 7) is 5.59. The van der Waals surface area contributed by atoms with Crippen LogP contribution < -0.4 is 10.9 Å². The van der Waals surface area contributed by atoms with Crippen molar-refractivity contribution in [3.8, 4) is 5.95 Å². The number of carbonyl (C=O) groups is 1. The number of nitrogens with one attached hydrogen (secondary N) is 1. The van der Waals surface area contributed by atoms with Crippen molar-refractivity contribution >= 4 is 11.6 Å². The highest BCUT2D eigenvalue weighted by molar-refractivity contribution is 5.88. The summed E-state index contributed by atoms with van der Waals surface area (Å²) in [5, 5.41) is 6.83. The molecular formula is C18H21N5O2. The maximum atomic E-state index is 12.7. The second-order valence-electron chi connectivity index (χ2n) is 6.57. The molecule has 7 heteroatoms. The number of rotatable bonds is 3. The molecule has 7 nitrogen and oxygen atoms in total. The van der Waals surface area contributed by atoms with Crippen LogP contribution >= 0.6 is 0 Å². The molecule has 2 heterocycles. The lowest BCUT2D eigenvalue weighted by Crippen LogP contribution is -2.30. The summed E-state index contributed by atoms with van der Waals surface area (Å²) in [5.41, 5.74) is 3.41. The average Bonchev–Trinajstić information content (AvgIpc) is 2.55. The van der Waals surface area contributed by atoms with E-state index in [1.807, 2.05) is 0 Å². The van der Waals surface area contributed by atoms with E-state index in [-0.39, 0.29) is 17.4 Å². The number of fused-ring (bicyclic) bond motifs is 1. The molecule has 2 aromatic rings. The van der Waals surface area contributed by atoms with Crippen molar-refractivity contribution in [3.05, 3.63) is 51.7 Å². The van der Waals surface area contributed by atoms with Crippen LogP contribution in [-0.4, -0.2) is 25.7 Å². The van der Waals surface area contributed by atoms with Gasteiger partial charge in [0.1, 0.15) is 0 Å². The first-order valence-electron chi connectivity index (χ1n) is 8.29. The zero-order chi connectivity index (χ0) is 18.0. The third kappa shape index (κ3) is 3.81. The third-order valence-corrected chi connectivity index (χ3v) is 4.13. The number of anilines is 1. The van der Waals surface area contributed by atoms with Gasteiger partial charge in [0.25, 0.3) is 11.5 Å². The van der Waals surface area contributed by atoms with Crippen LogP contribution in [0, 0.1) is 5.92 Å². The molecule has 0 saturated carbocycles. The lowest BCUT2D eigenvalue weighted by Gasteiger charge is -2.22. The van der Waals surface area contributed by atoms with Gasteiger partial charge in [0, 0.05) is 12.5 Å². The lowest BCUT2D eigenvalue weighted by molar-refractivity contribution is -0.114. The topological polar surface area (TPSA) is 89.8 Å². The molecule has 1 atom stereocenters. The molecular weight excluding hydrogens is 318 g/mol. The second kappa shape index (κ2) is 6.96. The minimum atomic E-state index is -0.202. The largest absolute Gasteiger partial charge is 0.324 e. The van der Waals surface area contributed by atoms with Gasteiger partial charge in [-0.3, -0.25) is 9.59 Å². The summed E-state index contributed by atoms with van der Waals surface area (Å²) in [6, 6.07) is 0. The Labute approximate surface area is 145 Å². The molecule has 1 amide bonds. The highest BCUT2D eigenvalue weighted by Gasteiger charge is 2.22. The summed E-state index contributed by atoms with van der Waals surface area (Å²) in [4.78, 5) is 32.0. The summed E-state index contributed by atoms with van der Waals surface area (Å²) in [5.74, 6) is 0.461. The number of carbonyl (C=O) groups excluding carboxylic acids is 1. The van der Waals surface area contributed by atoms with Gasteiger partial charge < -0.3 is 5.32 Å². The molecule has 0 bridgehead atoms. The average molecular weight is 339 g/mol. The first-order valence-corrected chi connectivity index (χ1v) is 8.29. The van der Waals surface area contributed by atoms with Crippen LogP contribution in [0.4, 0.5) is 5.69 Å². The fraction of sp³-hybridized carbons (Fsp3) is 0.389. The number of amides is 1. The van der Waals surface area contributed by atoms with Gasteiger partial charge in [-0.05, 0) is 44.6 Å². The van der Waals surface area contributed by atoms with Gasteiger partial charge in [-0.2, -0.15) is 9.78 Å². The molecule has 0 radical (unpaired) electrons. The Morgan fingerprint density at radius 3 is 2.60 bits per heavy atom. The Bertz CT molecular complexity index is 879. The predicted molar refractivity (Wildman–Crippen MR) is 94.7 cm³/mol. The van der Waals surface area contributed by atoms with Crippen molar-refractivity contribution in [2.75, 3.05) is 5.32 Å². The van der Waals surface area contributed by atoms with Crippen LogP contribution in [0.25, 0.3) is 5.95 Å². The molecule has 130 valence electrons. The summed E-state index contributed by atoms with van der Waals surface area (Å²) in [7, 11) is 0. The fourth-order valence-corrected chi connectivity index (χ4v) is 3.14. The van der Waals surface area contributed by atoms with E-state index < -0.39 is 0 Å². The van der Waals surface area contributed by atoms with Crippen molar-refractivity contribution in [2.24, 2.45) is 5.92 Å². The van der Waals surface area contributed by atoms with Gasteiger partial charge in [-0.15, -0.1) is 0 Å². The fourth-order valence-electron chi connectivity index (χ4n) is 3.14. The van der Waals surface area contributed by atoms with E-state index in [4.69, 9.17) is 0 Å². The van der Waals surface area contributed by atoms with E-state index in [9.17, 15) is 9.59 Å². The van der Waals surface area contributed by atoms with Gasteiger partial charge in [0.2, 0.25) is 5.91 Å². The molecule has 0 saturated heterocycles. The first-order chi connectivity index (χ1) is 11.9. The molecule has 2 aromatic heterocycles. The molecule has 1 aliphatic carbocycles. The van der Waals surface area contributed by atoms with Gasteiger partial charge in [-0.1, -0.05) is 11.6 Å². The van der Waals surface area contributed by atoms with Gasteiger partial charge in [0.05, 0.1) is 24.3 Å². The number of hydrogen-bond acceptors (Lipinski definition) is 5. The maximum absolute atomic E-state index is 12.7. The van der Waals surface area contributed by atoms with E-state index in [2.05, 4.69) is 40.3 Å². The molecule has 1 unspecified atom stereocenters. The molecule has 0 aliphatic heterocycles. The molecule has 1 N–H and O–H groups in total. The van der Waals surface area contributed by atoms with Crippen LogP contribution in [0.5, 0.6) is 0 Å². The third-order valence-electron chi connectivity index (χ3n) is 4.13. The molecule has 3 rings (SSSR count). The van der Waals surface area contributed by atoms with E-state index in [0.29, 0.717) is 11.6 Å². The zero-order valence-electron chi connectivity index (χ0n) is 14.6. The smallest absolute Gasteiger partial charge is 0.277 e. The summed E-state index contributed by atoms with van der Waals surface area (Å²) < 4.78 is 1.22. The van der Waals surface area contributed by atoms with Gasteiger partial charge >= 0.3 is 0 Å². The van der Waals surface area contributed by atoms with Crippen molar-refractivity contribution < 1.29 is 4.79 Å². The summed E-state index contributed by atoms with van der Waals surface area (Å²) in [6.07, 6.45) is 9.45. The van der Waals surface area contributed by atoms with Gasteiger partial charge in [0.15, 0.2) is 0 Å². The Hall–Kier alpha value is -2.83. The monoisotopic (exact) mass is 339 g/mol. The molecule has 1 aliphatic rings. The Morgan fingerprint density at radius 1 is 1.24 bits per heavy atom. The first kappa shape index (κ1) is 17.0. The number of allylic oxidation sites excluding steroid dienone is 2. The van der Waals surface area contributed by atoms with Crippen molar-refractivity contribution in [3.63, 3.8) is 0 Å². The minimum absolute atomic E-state index is 0.166. The van der Waals surface area contributed by atoms with E-state index in [1.54, 1.807) is 6.20 Å². The van der Waals surface area contributed by atoms with Crippen molar-refractivity contribution in [1.82, 2.24) is 19.7 Å². The predicted octanol–water partition coefficient (Wildman–Crippen LogP) is 2.05. The molecule has 0 fully saturated rings. The van der Waals surface area contributed by atoms with Gasteiger partial charge in [-0.25, -0.2) is 9.97 Å². The lowest BCUT2D eigenvalue weighted by atomic mass is 9.84. The number of hydrogen-bond donors (Lipinski definition) is 1. The summed E-state index contributed by atoms with van der Waals surface area (Å²) >= 11 is 0.